The quantitative estimate of drug-likeness (QED) is 0.835. The molecule has 6 nitrogen and oxygen atoms in total. The maximum Gasteiger partial charge on any atom is 0.326 e. The van der Waals surface area contributed by atoms with Crippen LogP contribution in [0.25, 0.3) is 11.0 Å². The lowest BCUT2D eigenvalue weighted by Gasteiger charge is -2.24. The molecule has 0 aliphatic heterocycles. The number of carbonyl (C=O) groups excluding carboxylic acids is 1. The van der Waals surface area contributed by atoms with Gasteiger partial charge in [-0.3, -0.25) is 4.79 Å². The number of nitrogens with one attached hydrogen (secondary N) is 1. The van der Waals surface area contributed by atoms with Gasteiger partial charge in [-0.2, -0.15) is 0 Å². The van der Waals surface area contributed by atoms with E-state index in [2.05, 4.69) is 5.32 Å². The molecule has 2 N–H and O–H groups in total. The fourth-order valence-corrected chi connectivity index (χ4v) is 3.47. The normalized spacial score (nSPS) is 16.5. The van der Waals surface area contributed by atoms with E-state index in [-0.39, 0.29) is 5.76 Å². The molecule has 1 fully saturated rings. The van der Waals surface area contributed by atoms with Crippen LogP contribution in [0.5, 0.6) is 5.75 Å². The van der Waals surface area contributed by atoms with Crippen molar-refractivity contribution in [2.45, 2.75) is 44.6 Å². The highest BCUT2D eigenvalue weighted by Gasteiger charge is 2.27. The van der Waals surface area contributed by atoms with Gasteiger partial charge in [-0.05, 0) is 36.6 Å². The number of hydrogen-bond donors (Lipinski definition) is 2. The van der Waals surface area contributed by atoms with E-state index in [0.29, 0.717) is 23.7 Å². The topological polar surface area (TPSA) is 88.8 Å². The van der Waals surface area contributed by atoms with Crippen molar-refractivity contribution < 1.29 is 23.8 Å². The summed E-state index contributed by atoms with van der Waals surface area (Å²) in [4.78, 5) is 24.0. The van der Waals surface area contributed by atoms with Crippen LogP contribution >= 0.6 is 0 Å². The molecule has 1 amide bonds. The van der Waals surface area contributed by atoms with Crippen molar-refractivity contribution in [2.75, 3.05) is 7.11 Å². The zero-order valence-electron chi connectivity index (χ0n) is 14.3. The van der Waals surface area contributed by atoms with Crippen molar-refractivity contribution in [1.29, 1.82) is 0 Å². The van der Waals surface area contributed by atoms with E-state index in [1.807, 2.05) is 0 Å². The molecular weight excluding hydrogens is 322 g/mol. The molecule has 1 aliphatic carbocycles. The second-order valence-corrected chi connectivity index (χ2v) is 6.62. The van der Waals surface area contributed by atoms with Crippen LogP contribution in [0.2, 0.25) is 0 Å². The van der Waals surface area contributed by atoms with Gasteiger partial charge in [-0.25, -0.2) is 4.79 Å². The van der Waals surface area contributed by atoms with Crippen LogP contribution < -0.4 is 10.1 Å². The third kappa shape index (κ3) is 4.13. The first-order valence-corrected chi connectivity index (χ1v) is 8.68. The minimum Gasteiger partial charge on any atom is -0.497 e. The monoisotopic (exact) mass is 345 g/mol. The molecule has 0 saturated heterocycles. The Morgan fingerprint density at radius 3 is 2.72 bits per heavy atom. The largest absolute Gasteiger partial charge is 0.497 e. The summed E-state index contributed by atoms with van der Waals surface area (Å²) in [6, 6.07) is 5.95. The van der Waals surface area contributed by atoms with Gasteiger partial charge in [0.1, 0.15) is 17.4 Å². The van der Waals surface area contributed by atoms with Crippen molar-refractivity contribution in [3.8, 4) is 5.75 Å². The average molecular weight is 345 g/mol. The number of fused-ring (bicyclic) bond motifs is 1. The molecule has 1 aromatic carbocycles. The summed E-state index contributed by atoms with van der Waals surface area (Å²) in [6.45, 7) is 0. The van der Waals surface area contributed by atoms with E-state index < -0.39 is 17.9 Å². The Labute approximate surface area is 146 Å². The maximum absolute atomic E-state index is 12.4. The van der Waals surface area contributed by atoms with E-state index in [1.165, 1.54) is 6.42 Å². The van der Waals surface area contributed by atoms with Gasteiger partial charge in [0.2, 0.25) is 0 Å². The molecule has 6 heteroatoms. The first-order valence-electron chi connectivity index (χ1n) is 8.68. The number of benzene rings is 1. The van der Waals surface area contributed by atoms with Gasteiger partial charge in [0.15, 0.2) is 5.76 Å². The lowest BCUT2D eigenvalue weighted by atomic mass is 9.85. The van der Waals surface area contributed by atoms with Gasteiger partial charge in [0.05, 0.1) is 7.11 Å². The molecule has 25 heavy (non-hydrogen) atoms. The Kier molecular flexibility index (Phi) is 5.26. The second-order valence-electron chi connectivity index (χ2n) is 6.62. The number of amides is 1. The molecule has 134 valence electrons. The van der Waals surface area contributed by atoms with Gasteiger partial charge in [0, 0.05) is 5.39 Å². The predicted octanol–water partition coefficient (Wildman–Crippen LogP) is 3.59. The number of hydrogen-bond acceptors (Lipinski definition) is 4. The molecule has 3 rings (SSSR count). The Balaban J connectivity index is 1.71. The molecule has 0 spiro atoms. The van der Waals surface area contributed by atoms with Crippen LogP contribution in [0.4, 0.5) is 0 Å². The highest BCUT2D eigenvalue weighted by atomic mass is 16.5. The van der Waals surface area contributed by atoms with Crippen LogP contribution in [-0.4, -0.2) is 30.1 Å². The van der Waals surface area contributed by atoms with Gasteiger partial charge in [-0.1, -0.05) is 32.1 Å². The highest BCUT2D eigenvalue weighted by Crippen LogP contribution is 2.28. The number of rotatable bonds is 6. The zero-order chi connectivity index (χ0) is 17.8. The van der Waals surface area contributed by atoms with Gasteiger partial charge in [0.25, 0.3) is 5.91 Å². The van der Waals surface area contributed by atoms with Crippen LogP contribution in [-0.2, 0) is 4.79 Å². The fraction of sp³-hybridized carbons (Fsp3) is 0.474. The molecule has 1 saturated carbocycles. The summed E-state index contributed by atoms with van der Waals surface area (Å²) in [5.74, 6) is -0.371. The van der Waals surface area contributed by atoms with E-state index in [0.717, 1.165) is 31.1 Å². The lowest BCUT2D eigenvalue weighted by molar-refractivity contribution is -0.139. The summed E-state index contributed by atoms with van der Waals surface area (Å²) in [5.41, 5.74) is 0.560. The van der Waals surface area contributed by atoms with Gasteiger partial charge in [-0.15, -0.1) is 0 Å². The standard InChI is InChI=1S/C19H23NO5/c1-24-14-7-8-16-13(10-14)11-17(25-16)18(21)20-15(19(22)23)9-12-5-3-2-4-6-12/h7-8,10-12,15H,2-6,9H2,1H3,(H,20,21)(H,22,23). The molecule has 1 aliphatic rings. The van der Waals surface area contributed by atoms with Crippen molar-refractivity contribution >= 4 is 22.8 Å². The Morgan fingerprint density at radius 2 is 2.04 bits per heavy atom. The number of methoxy groups -OCH3 is 1. The molecule has 1 heterocycles. The van der Waals surface area contributed by atoms with E-state index in [9.17, 15) is 14.7 Å². The Morgan fingerprint density at radius 1 is 1.28 bits per heavy atom. The number of ether oxygens (including phenoxy) is 1. The molecule has 1 atom stereocenters. The predicted molar refractivity (Wildman–Crippen MR) is 92.8 cm³/mol. The third-order valence-electron chi connectivity index (χ3n) is 4.84. The number of aliphatic carboxylic acids is 1. The van der Waals surface area contributed by atoms with E-state index >= 15 is 0 Å². The molecule has 2 aromatic rings. The maximum atomic E-state index is 12.4. The van der Waals surface area contributed by atoms with Crippen LogP contribution in [0, 0.1) is 5.92 Å². The van der Waals surface area contributed by atoms with Gasteiger partial charge >= 0.3 is 5.97 Å². The SMILES string of the molecule is COc1ccc2oc(C(=O)NC(CC3CCCCC3)C(=O)O)cc2c1. The Bertz CT molecular complexity index is 760. The van der Waals surface area contributed by atoms with Crippen molar-refractivity contribution in [1.82, 2.24) is 5.32 Å². The Hall–Kier alpha value is -2.50. The van der Waals surface area contributed by atoms with E-state index in [1.54, 1.807) is 31.4 Å². The number of carboxylic acids is 1. The van der Waals surface area contributed by atoms with Crippen LogP contribution in [0.15, 0.2) is 28.7 Å². The second kappa shape index (κ2) is 7.59. The fourth-order valence-electron chi connectivity index (χ4n) is 3.47. The third-order valence-corrected chi connectivity index (χ3v) is 4.84. The summed E-state index contributed by atoms with van der Waals surface area (Å²) >= 11 is 0. The number of furan rings is 1. The van der Waals surface area contributed by atoms with Gasteiger partial charge < -0.3 is 19.6 Å². The molecular formula is C19H23NO5. The molecule has 1 aromatic heterocycles. The smallest absolute Gasteiger partial charge is 0.326 e. The van der Waals surface area contributed by atoms with Crippen LogP contribution in [0.1, 0.15) is 49.1 Å². The minimum absolute atomic E-state index is 0.109. The summed E-state index contributed by atoms with van der Waals surface area (Å²) < 4.78 is 10.7. The minimum atomic E-state index is -1.00. The number of carboxylic acid groups (broad SMARTS) is 1. The lowest BCUT2D eigenvalue weighted by Crippen LogP contribution is -2.42. The number of carbonyl (C=O) groups is 2. The average Bonchev–Trinajstić information content (AvgIpc) is 3.05. The van der Waals surface area contributed by atoms with Crippen molar-refractivity contribution in [2.24, 2.45) is 5.92 Å². The highest BCUT2D eigenvalue weighted by molar-refractivity contribution is 5.98. The molecule has 0 radical (unpaired) electrons. The van der Waals surface area contributed by atoms with Crippen molar-refractivity contribution in [3.05, 3.63) is 30.0 Å². The van der Waals surface area contributed by atoms with Crippen LogP contribution in [0.3, 0.4) is 0 Å². The summed E-state index contributed by atoms with van der Waals surface area (Å²) in [5, 5.41) is 12.8. The van der Waals surface area contributed by atoms with E-state index in [4.69, 9.17) is 9.15 Å². The summed E-state index contributed by atoms with van der Waals surface area (Å²) in [6.07, 6.45) is 6.01. The summed E-state index contributed by atoms with van der Waals surface area (Å²) in [7, 11) is 1.57. The van der Waals surface area contributed by atoms with Crippen molar-refractivity contribution in [3.63, 3.8) is 0 Å². The molecule has 1 unspecified atom stereocenters. The molecule has 0 bridgehead atoms. The first-order chi connectivity index (χ1) is 12.1. The zero-order valence-corrected chi connectivity index (χ0v) is 14.3. The first kappa shape index (κ1) is 17.3.